The number of hydrogen-bond acceptors (Lipinski definition) is 4. The van der Waals surface area contributed by atoms with Gasteiger partial charge in [-0.05, 0) is 17.2 Å². The Morgan fingerprint density at radius 2 is 1.88 bits per heavy atom. The third kappa shape index (κ3) is 4.05. The van der Waals surface area contributed by atoms with Gasteiger partial charge >= 0.3 is 11.9 Å². The Labute approximate surface area is 151 Å². The van der Waals surface area contributed by atoms with Gasteiger partial charge in [0.1, 0.15) is 17.3 Å². The van der Waals surface area contributed by atoms with Crippen molar-refractivity contribution in [1.82, 2.24) is 9.13 Å². The lowest BCUT2D eigenvalue weighted by Gasteiger charge is -2.15. The van der Waals surface area contributed by atoms with Gasteiger partial charge in [0.2, 0.25) is 5.94 Å². The molecule has 26 heavy (non-hydrogen) atoms. The van der Waals surface area contributed by atoms with Crippen molar-refractivity contribution in [2.24, 2.45) is 7.05 Å². The molecule has 0 aliphatic carbocycles. The Hall–Kier alpha value is -1.98. The molecule has 0 saturated carbocycles. The lowest BCUT2D eigenvalue weighted by Crippen LogP contribution is -2.41. The number of aromatic nitrogens is 2. The summed E-state index contributed by atoms with van der Waals surface area (Å²) < 4.78 is 69.4. The first kappa shape index (κ1) is 20.3. The third-order valence-electron chi connectivity index (χ3n) is 3.23. The number of halogens is 5. The molecule has 0 amide bonds. The summed E-state index contributed by atoms with van der Waals surface area (Å²) in [5.74, 6) is -1.61. The predicted molar refractivity (Wildman–Crippen MR) is 86.8 cm³/mol. The van der Waals surface area contributed by atoms with E-state index >= 15 is 0 Å². The van der Waals surface area contributed by atoms with Crippen molar-refractivity contribution in [2.45, 2.75) is 6.18 Å². The number of ether oxygens (including phenoxy) is 1. The highest BCUT2D eigenvalue weighted by Crippen LogP contribution is 2.30. The standard InChI is InChI=1S/C14H11ClF4N2O4S/c1-20-11(14(17,18)19)5-12(22)21(13(20)23)9-4-10(25-6-26(2)24)7(15)3-8(9)16/h3-5H,6H2,1-2H3. The van der Waals surface area contributed by atoms with E-state index in [0.717, 1.165) is 19.2 Å². The van der Waals surface area contributed by atoms with E-state index in [0.29, 0.717) is 0 Å². The van der Waals surface area contributed by atoms with Gasteiger partial charge in [0.25, 0.3) is 5.56 Å². The average molecular weight is 415 g/mol. The van der Waals surface area contributed by atoms with E-state index in [2.05, 4.69) is 0 Å². The van der Waals surface area contributed by atoms with Crippen LogP contribution in [0.15, 0.2) is 27.8 Å². The van der Waals surface area contributed by atoms with Crippen LogP contribution in [0, 0.1) is 5.82 Å². The summed E-state index contributed by atoms with van der Waals surface area (Å²) in [5.41, 5.74) is -4.91. The van der Waals surface area contributed by atoms with E-state index in [9.17, 15) is 31.7 Å². The summed E-state index contributed by atoms with van der Waals surface area (Å²) in [6.45, 7) is 0. The van der Waals surface area contributed by atoms with Gasteiger partial charge in [0, 0.05) is 19.2 Å². The summed E-state index contributed by atoms with van der Waals surface area (Å²) in [7, 11) is 0.798. The Kier molecular flexibility index (Phi) is 5.73. The van der Waals surface area contributed by atoms with E-state index in [1.54, 1.807) is 0 Å². The van der Waals surface area contributed by atoms with E-state index in [1.807, 2.05) is 0 Å². The summed E-state index contributed by atoms with van der Waals surface area (Å²) in [6, 6.07) is 1.78. The lowest BCUT2D eigenvalue weighted by atomic mass is 10.2. The van der Waals surface area contributed by atoms with Crippen molar-refractivity contribution in [2.75, 3.05) is 12.2 Å². The first-order valence-corrected chi connectivity index (χ1v) is 8.86. The second-order valence-corrected chi connectivity index (χ2v) is 6.90. The minimum Gasteiger partial charge on any atom is -0.614 e. The van der Waals surface area contributed by atoms with Gasteiger partial charge in [0.15, 0.2) is 0 Å². The highest BCUT2D eigenvalue weighted by molar-refractivity contribution is 7.90. The molecule has 1 aromatic carbocycles. The van der Waals surface area contributed by atoms with Crippen molar-refractivity contribution < 1.29 is 26.9 Å². The van der Waals surface area contributed by atoms with Crippen molar-refractivity contribution in [1.29, 1.82) is 0 Å². The topological polar surface area (TPSA) is 76.3 Å². The monoisotopic (exact) mass is 414 g/mol. The van der Waals surface area contributed by atoms with Crippen LogP contribution in [0.3, 0.4) is 0 Å². The van der Waals surface area contributed by atoms with Crippen molar-refractivity contribution >= 4 is 22.8 Å². The molecule has 0 spiro atoms. The third-order valence-corrected chi connectivity index (χ3v) is 3.98. The molecule has 2 rings (SSSR count). The number of hydrogen-bond donors (Lipinski definition) is 0. The summed E-state index contributed by atoms with van der Waals surface area (Å²) in [6.07, 6.45) is -3.61. The molecule has 0 aliphatic rings. The van der Waals surface area contributed by atoms with Gasteiger partial charge in [-0.1, -0.05) is 11.6 Å². The number of nitrogens with zero attached hydrogens (tertiary/aromatic N) is 2. The minimum atomic E-state index is -4.94. The molecule has 142 valence electrons. The van der Waals surface area contributed by atoms with Crippen LogP contribution >= 0.6 is 11.6 Å². The summed E-state index contributed by atoms with van der Waals surface area (Å²) in [4.78, 5) is 24.2. The van der Waals surface area contributed by atoms with Crippen LogP contribution in [-0.2, 0) is 24.4 Å². The van der Waals surface area contributed by atoms with Crippen LogP contribution in [0.25, 0.3) is 5.69 Å². The fraction of sp³-hybridized carbons (Fsp3) is 0.286. The van der Waals surface area contributed by atoms with Crippen LogP contribution in [0.4, 0.5) is 17.6 Å². The molecule has 1 atom stereocenters. The zero-order chi connectivity index (χ0) is 19.8. The first-order valence-electron chi connectivity index (χ1n) is 6.76. The molecule has 6 nitrogen and oxygen atoms in total. The van der Waals surface area contributed by atoms with E-state index in [1.165, 1.54) is 6.26 Å². The molecule has 0 N–H and O–H groups in total. The smallest absolute Gasteiger partial charge is 0.431 e. The summed E-state index contributed by atoms with van der Waals surface area (Å²) in [5, 5.41) is -0.228. The molecule has 1 aromatic heterocycles. The molecule has 1 heterocycles. The molecular formula is C14H11ClF4N2O4S. The minimum absolute atomic E-state index is 0.178. The van der Waals surface area contributed by atoms with Crippen molar-refractivity contribution in [3.8, 4) is 11.4 Å². The van der Waals surface area contributed by atoms with Crippen LogP contribution in [0.1, 0.15) is 5.69 Å². The van der Waals surface area contributed by atoms with E-state index < -0.39 is 45.8 Å². The highest BCUT2D eigenvalue weighted by Gasteiger charge is 2.35. The number of benzene rings is 1. The van der Waals surface area contributed by atoms with Gasteiger partial charge in [-0.15, -0.1) is 0 Å². The molecule has 0 bridgehead atoms. The van der Waals surface area contributed by atoms with Crippen LogP contribution < -0.4 is 16.0 Å². The largest absolute Gasteiger partial charge is 0.614 e. The predicted octanol–water partition coefficient (Wildman–Crippen LogP) is 2.06. The Bertz CT molecular complexity index is 956. The van der Waals surface area contributed by atoms with Gasteiger partial charge in [-0.2, -0.15) is 13.2 Å². The fourth-order valence-electron chi connectivity index (χ4n) is 2.07. The molecular weight excluding hydrogens is 404 g/mol. The zero-order valence-electron chi connectivity index (χ0n) is 13.3. The number of rotatable bonds is 4. The maximum Gasteiger partial charge on any atom is 0.431 e. The van der Waals surface area contributed by atoms with Crippen LogP contribution in [0.2, 0.25) is 5.02 Å². The SMILES string of the molecule is Cn1c(C(F)(F)F)cc(=O)n(-c2cc(OC[S+](C)[O-])c(Cl)cc2F)c1=O. The molecule has 0 saturated heterocycles. The Balaban J connectivity index is 2.69. The molecule has 0 fully saturated rings. The first-order chi connectivity index (χ1) is 11.9. The normalized spacial score (nSPS) is 12.9. The maximum atomic E-state index is 14.2. The average Bonchev–Trinajstić information content (AvgIpc) is 2.50. The Morgan fingerprint density at radius 1 is 1.27 bits per heavy atom. The second-order valence-electron chi connectivity index (χ2n) is 5.11. The van der Waals surface area contributed by atoms with Crippen molar-refractivity contribution in [3.05, 3.63) is 55.6 Å². The molecule has 2 aromatic rings. The Morgan fingerprint density at radius 3 is 2.42 bits per heavy atom. The van der Waals surface area contributed by atoms with Gasteiger partial charge < -0.3 is 9.29 Å². The van der Waals surface area contributed by atoms with Gasteiger partial charge in [-0.3, -0.25) is 9.36 Å². The lowest BCUT2D eigenvalue weighted by molar-refractivity contribution is -0.144. The molecule has 1 unspecified atom stereocenters. The van der Waals surface area contributed by atoms with E-state index in [4.69, 9.17) is 16.3 Å². The van der Waals surface area contributed by atoms with Crippen LogP contribution in [0.5, 0.6) is 5.75 Å². The molecule has 12 heteroatoms. The molecule has 0 aliphatic heterocycles. The zero-order valence-corrected chi connectivity index (χ0v) is 14.8. The molecule has 0 radical (unpaired) electrons. The van der Waals surface area contributed by atoms with Gasteiger partial charge in [0.05, 0.1) is 17.0 Å². The van der Waals surface area contributed by atoms with Crippen LogP contribution in [-0.4, -0.2) is 25.9 Å². The number of alkyl halides is 3. The summed E-state index contributed by atoms with van der Waals surface area (Å²) >= 11 is 4.39. The van der Waals surface area contributed by atoms with Gasteiger partial charge in [-0.25, -0.2) is 13.8 Å². The van der Waals surface area contributed by atoms with Crippen molar-refractivity contribution in [3.63, 3.8) is 0 Å². The quantitative estimate of drug-likeness (QED) is 0.567. The fourth-order valence-corrected chi connectivity index (χ4v) is 2.56. The van der Waals surface area contributed by atoms with E-state index in [-0.39, 0.29) is 31.9 Å². The maximum absolute atomic E-state index is 14.2. The highest BCUT2D eigenvalue weighted by atomic mass is 35.5. The second kappa shape index (κ2) is 7.33.